The lowest BCUT2D eigenvalue weighted by Gasteiger charge is -2.18. The van der Waals surface area contributed by atoms with Gasteiger partial charge < -0.3 is 18.9 Å². The molecule has 10 nitrogen and oxygen atoms in total. The van der Waals surface area contributed by atoms with Crippen LogP contribution >= 0.6 is 0 Å². The maximum absolute atomic E-state index is 12.7. The zero-order chi connectivity index (χ0) is 34.4. The predicted octanol–water partition coefficient (Wildman–Crippen LogP) is 8.48. The lowest BCUT2D eigenvalue weighted by atomic mass is 10.1. The average molecular weight is 666 g/mol. The van der Waals surface area contributed by atoms with Gasteiger partial charge in [0.15, 0.2) is 6.10 Å². The van der Waals surface area contributed by atoms with Crippen LogP contribution in [0.2, 0.25) is 0 Å². The van der Waals surface area contributed by atoms with E-state index >= 15 is 0 Å². The van der Waals surface area contributed by atoms with Crippen LogP contribution in [-0.2, 0) is 46.3 Å². The summed E-state index contributed by atoms with van der Waals surface area (Å²) >= 11 is 0. The number of aryl methyl sites for hydroxylation is 1. The molecular weight excluding hydrogens is 598 g/mol. The molecule has 0 saturated carbocycles. The first-order valence-electron chi connectivity index (χ1n) is 18.8. The number of aromatic nitrogens is 3. The van der Waals surface area contributed by atoms with Gasteiger partial charge in [0, 0.05) is 25.5 Å². The number of unbranched alkanes of at least 4 members (excludes halogenated alkanes) is 16. The lowest BCUT2D eigenvalue weighted by Crippen LogP contribution is -2.30. The summed E-state index contributed by atoms with van der Waals surface area (Å²) in [5.74, 6) is -0.893. The van der Waals surface area contributed by atoms with Crippen LogP contribution in [0.3, 0.4) is 0 Å². The van der Waals surface area contributed by atoms with Crippen molar-refractivity contribution in [2.75, 3.05) is 19.8 Å². The van der Waals surface area contributed by atoms with Crippen LogP contribution in [0.25, 0.3) is 0 Å². The number of nitrogens with zero attached hydrogens (tertiary/aromatic N) is 3. The molecule has 0 fully saturated rings. The van der Waals surface area contributed by atoms with Crippen molar-refractivity contribution in [3.8, 4) is 0 Å². The van der Waals surface area contributed by atoms with Gasteiger partial charge in [0.2, 0.25) is 0 Å². The van der Waals surface area contributed by atoms with Gasteiger partial charge in [-0.3, -0.25) is 14.4 Å². The Morgan fingerprint density at radius 1 is 0.660 bits per heavy atom. The monoisotopic (exact) mass is 665 g/mol. The number of esters is 3. The number of ether oxygens (including phenoxy) is 4. The van der Waals surface area contributed by atoms with Crippen molar-refractivity contribution in [1.82, 2.24) is 15.0 Å². The Hall–Kier alpha value is -2.49. The van der Waals surface area contributed by atoms with E-state index in [1.165, 1.54) is 77.0 Å². The molecule has 272 valence electrons. The molecule has 0 saturated heterocycles. The van der Waals surface area contributed by atoms with Crippen molar-refractivity contribution >= 4 is 17.9 Å². The van der Waals surface area contributed by atoms with Gasteiger partial charge in [0.25, 0.3) is 0 Å². The highest BCUT2D eigenvalue weighted by Crippen LogP contribution is 2.13. The maximum Gasteiger partial charge on any atom is 0.306 e. The highest BCUT2D eigenvalue weighted by atomic mass is 16.6. The van der Waals surface area contributed by atoms with E-state index < -0.39 is 6.10 Å². The van der Waals surface area contributed by atoms with Gasteiger partial charge in [-0.25, -0.2) is 4.68 Å². The van der Waals surface area contributed by atoms with Crippen LogP contribution in [0.15, 0.2) is 6.20 Å². The SMILES string of the molecule is CCCCCCCCCCCC(=O)OCC(Cn1cc(CCC(=O)OCCOC(C)C)nn1)OC(=O)CCCCCCCCCCC. The van der Waals surface area contributed by atoms with Crippen molar-refractivity contribution in [1.29, 1.82) is 0 Å². The van der Waals surface area contributed by atoms with Gasteiger partial charge in [0.1, 0.15) is 13.2 Å². The van der Waals surface area contributed by atoms with Crippen molar-refractivity contribution in [2.24, 2.45) is 0 Å². The number of hydrogen-bond acceptors (Lipinski definition) is 9. The maximum atomic E-state index is 12.7. The highest BCUT2D eigenvalue weighted by Gasteiger charge is 2.19. The van der Waals surface area contributed by atoms with Crippen molar-refractivity contribution < 1.29 is 33.3 Å². The Kier molecular flexibility index (Phi) is 26.8. The molecule has 0 N–H and O–H groups in total. The summed E-state index contributed by atoms with van der Waals surface area (Å²) in [7, 11) is 0. The molecule has 47 heavy (non-hydrogen) atoms. The van der Waals surface area contributed by atoms with Crippen molar-refractivity contribution in [2.45, 2.75) is 188 Å². The van der Waals surface area contributed by atoms with E-state index in [0.717, 1.165) is 38.5 Å². The molecule has 1 rings (SSSR count). The molecule has 1 aromatic rings. The van der Waals surface area contributed by atoms with Crippen LogP contribution in [0.1, 0.15) is 168 Å². The van der Waals surface area contributed by atoms with Crippen molar-refractivity contribution in [3.05, 3.63) is 11.9 Å². The molecule has 10 heteroatoms. The molecule has 0 aliphatic heterocycles. The van der Waals surface area contributed by atoms with E-state index in [2.05, 4.69) is 24.2 Å². The average Bonchev–Trinajstić information content (AvgIpc) is 3.50. The summed E-state index contributed by atoms with van der Waals surface area (Å²) in [6.45, 7) is 9.07. The molecule has 0 amide bonds. The minimum absolute atomic E-state index is 0.0280. The molecule has 0 aliphatic carbocycles. The van der Waals surface area contributed by atoms with Gasteiger partial charge in [-0.2, -0.15) is 0 Å². The van der Waals surface area contributed by atoms with E-state index in [4.69, 9.17) is 18.9 Å². The molecular formula is C37H67N3O7. The second kappa shape index (κ2) is 29.6. The Labute approximate surface area is 285 Å². The molecule has 0 aromatic carbocycles. The van der Waals surface area contributed by atoms with E-state index in [1.54, 1.807) is 10.9 Å². The largest absolute Gasteiger partial charge is 0.463 e. The summed E-state index contributed by atoms with van der Waals surface area (Å²) in [6, 6.07) is 0. The second-order valence-electron chi connectivity index (χ2n) is 13.0. The normalized spacial score (nSPS) is 11.9. The topological polar surface area (TPSA) is 119 Å². The van der Waals surface area contributed by atoms with Gasteiger partial charge in [-0.15, -0.1) is 5.10 Å². The third-order valence-corrected chi connectivity index (χ3v) is 8.06. The molecule has 0 aliphatic rings. The predicted molar refractivity (Wildman–Crippen MR) is 185 cm³/mol. The fraction of sp³-hybridized carbons (Fsp3) is 0.865. The molecule has 0 radical (unpaired) electrons. The zero-order valence-electron chi connectivity index (χ0n) is 30.3. The number of carbonyl (C=O) groups excluding carboxylic acids is 3. The molecule has 1 heterocycles. The van der Waals surface area contributed by atoms with E-state index in [0.29, 0.717) is 31.6 Å². The molecule has 0 bridgehead atoms. The summed E-state index contributed by atoms with van der Waals surface area (Å²) in [5.41, 5.74) is 0.627. The first-order chi connectivity index (χ1) is 22.8. The van der Waals surface area contributed by atoms with Crippen LogP contribution in [0, 0.1) is 0 Å². The first kappa shape index (κ1) is 42.5. The second-order valence-corrected chi connectivity index (χ2v) is 13.0. The minimum atomic E-state index is -0.673. The smallest absolute Gasteiger partial charge is 0.306 e. The van der Waals surface area contributed by atoms with Crippen LogP contribution in [0.4, 0.5) is 0 Å². The Bertz CT molecular complexity index is 922. The Morgan fingerprint density at radius 2 is 1.17 bits per heavy atom. The van der Waals surface area contributed by atoms with Crippen LogP contribution in [0.5, 0.6) is 0 Å². The minimum Gasteiger partial charge on any atom is -0.463 e. The fourth-order valence-electron chi connectivity index (χ4n) is 5.28. The van der Waals surface area contributed by atoms with E-state index in [9.17, 15) is 14.4 Å². The van der Waals surface area contributed by atoms with Crippen molar-refractivity contribution in [3.63, 3.8) is 0 Å². The summed E-state index contributed by atoms with van der Waals surface area (Å²) < 4.78 is 23.5. The fourth-order valence-corrected chi connectivity index (χ4v) is 5.28. The molecule has 1 unspecified atom stereocenters. The molecule has 1 aromatic heterocycles. The number of rotatable bonds is 32. The van der Waals surface area contributed by atoms with Gasteiger partial charge in [-0.05, 0) is 26.7 Å². The quantitative estimate of drug-likeness (QED) is 0.0424. The summed E-state index contributed by atoms with van der Waals surface area (Å²) in [5, 5.41) is 8.30. The first-order valence-corrected chi connectivity index (χ1v) is 18.8. The Morgan fingerprint density at radius 3 is 1.72 bits per heavy atom. The van der Waals surface area contributed by atoms with E-state index in [-0.39, 0.29) is 50.2 Å². The standard InChI is InChI=1S/C37H67N3O7/c1-5-7-9-11-13-15-17-19-21-23-35(41)46-31-34(47-37(43)24-22-20-18-16-14-12-10-8-6-2)30-40-29-33(38-39-40)25-26-36(42)45-28-27-44-32(3)4/h29,32,34H,5-28,30-31H2,1-4H3. The number of hydrogen-bond donors (Lipinski definition) is 0. The van der Waals surface area contributed by atoms with Gasteiger partial charge in [-0.1, -0.05) is 122 Å². The zero-order valence-corrected chi connectivity index (χ0v) is 30.3. The third-order valence-electron chi connectivity index (χ3n) is 8.06. The third kappa shape index (κ3) is 26.2. The van der Waals surface area contributed by atoms with Crippen LogP contribution < -0.4 is 0 Å². The highest BCUT2D eigenvalue weighted by molar-refractivity contribution is 5.70. The lowest BCUT2D eigenvalue weighted by molar-refractivity contribution is -0.160. The van der Waals surface area contributed by atoms with E-state index in [1.807, 2.05) is 13.8 Å². The molecule has 1 atom stereocenters. The summed E-state index contributed by atoms with van der Waals surface area (Å²) in [4.78, 5) is 37.2. The van der Waals surface area contributed by atoms with Gasteiger partial charge >= 0.3 is 17.9 Å². The Balaban J connectivity index is 2.49. The number of carbonyl (C=O) groups is 3. The van der Waals surface area contributed by atoms with Gasteiger partial charge in [0.05, 0.1) is 31.4 Å². The molecule has 0 spiro atoms. The van der Waals surface area contributed by atoms with Crippen LogP contribution in [-0.4, -0.2) is 64.9 Å². The summed E-state index contributed by atoms with van der Waals surface area (Å²) in [6.07, 6.45) is 23.5.